The maximum absolute atomic E-state index is 14.9. The molecule has 7 nitrogen and oxygen atoms in total. The van der Waals surface area contributed by atoms with Crippen LogP contribution in [0, 0.1) is 5.82 Å². The molecule has 4 heterocycles. The van der Waals surface area contributed by atoms with E-state index in [2.05, 4.69) is 14.8 Å². The van der Waals surface area contributed by atoms with Crippen molar-refractivity contribution in [3.63, 3.8) is 0 Å². The third kappa shape index (κ3) is 3.69. The van der Waals surface area contributed by atoms with Crippen LogP contribution in [-0.2, 0) is 9.53 Å². The number of H-pyrrole nitrogens is 1. The monoisotopic (exact) mass is 480 g/mol. The molecular weight excluding hydrogens is 454 g/mol. The van der Waals surface area contributed by atoms with Gasteiger partial charge in [-0.25, -0.2) is 18.6 Å². The molecule has 1 saturated carbocycles. The highest BCUT2D eigenvalue weighted by molar-refractivity contribution is 5.93. The van der Waals surface area contributed by atoms with Gasteiger partial charge in [-0.3, -0.25) is 5.10 Å². The molecule has 1 aliphatic heterocycles. The van der Waals surface area contributed by atoms with Crippen LogP contribution in [0.25, 0.3) is 27.8 Å². The van der Waals surface area contributed by atoms with E-state index in [1.54, 1.807) is 18.3 Å². The predicted molar refractivity (Wildman–Crippen MR) is 126 cm³/mol. The van der Waals surface area contributed by atoms with Crippen LogP contribution in [0.1, 0.15) is 61.6 Å². The zero-order valence-electron chi connectivity index (χ0n) is 19.1. The Morgan fingerprint density at radius 1 is 1.11 bits per heavy atom. The molecule has 6 rings (SSSR count). The van der Waals surface area contributed by atoms with E-state index in [9.17, 15) is 18.7 Å². The molecule has 182 valence electrons. The van der Waals surface area contributed by atoms with Gasteiger partial charge in [-0.2, -0.15) is 5.10 Å². The van der Waals surface area contributed by atoms with Gasteiger partial charge in [-0.15, -0.1) is 0 Å². The summed E-state index contributed by atoms with van der Waals surface area (Å²) in [5, 5.41) is 17.3. The minimum Gasteiger partial charge on any atom is -0.479 e. The normalized spacial score (nSPS) is 23.8. The van der Waals surface area contributed by atoms with Crippen molar-refractivity contribution in [3.8, 4) is 5.69 Å². The first-order chi connectivity index (χ1) is 16.9. The molecule has 9 heteroatoms. The molecule has 0 atom stereocenters. The average molecular weight is 481 g/mol. The fourth-order valence-corrected chi connectivity index (χ4v) is 5.83. The van der Waals surface area contributed by atoms with Crippen LogP contribution in [0.4, 0.5) is 8.78 Å². The minimum absolute atomic E-state index is 0.0320. The molecule has 1 aliphatic carbocycles. The van der Waals surface area contributed by atoms with Crippen molar-refractivity contribution in [3.05, 3.63) is 53.6 Å². The average Bonchev–Trinajstić information content (AvgIpc) is 3.46. The van der Waals surface area contributed by atoms with E-state index >= 15 is 0 Å². The molecule has 2 aliphatic rings. The fourth-order valence-electron chi connectivity index (χ4n) is 5.83. The number of carboxylic acid groups (broad SMARTS) is 1. The molecule has 0 bridgehead atoms. The van der Waals surface area contributed by atoms with E-state index in [4.69, 9.17) is 9.72 Å². The number of carboxylic acids is 1. The maximum Gasteiger partial charge on any atom is 0.341 e. The van der Waals surface area contributed by atoms with Gasteiger partial charge in [0, 0.05) is 41.5 Å². The standard InChI is InChI=1S/C26H26F2N4O3/c27-18-1-3-19(4-2-18)32-20-13-17-14-29-31-24(17)30-22(20)21(23(32)16-7-11-35-12-8-16)15-5-9-26(28,10-6-15)25(33)34/h1-4,13-16H,5-12H2,(H,33,34)(H,29,30,31). The molecule has 1 aromatic carbocycles. The first kappa shape index (κ1) is 22.2. The SMILES string of the molecule is O=C(O)C1(F)CCC(c2c(C3CCOCC3)n(-c3ccc(F)cc3)c3cc4cn[nH]c4nc23)CC1. The van der Waals surface area contributed by atoms with Crippen molar-refractivity contribution in [1.29, 1.82) is 0 Å². The summed E-state index contributed by atoms with van der Waals surface area (Å²) in [4.78, 5) is 16.5. The van der Waals surface area contributed by atoms with Crippen LogP contribution in [0.3, 0.4) is 0 Å². The fraction of sp³-hybridized carbons (Fsp3) is 0.423. The number of pyridine rings is 1. The lowest BCUT2D eigenvalue weighted by atomic mass is 9.75. The lowest BCUT2D eigenvalue weighted by Gasteiger charge is -2.33. The van der Waals surface area contributed by atoms with Gasteiger partial charge in [-0.1, -0.05) is 0 Å². The van der Waals surface area contributed by atoms with E-state index in [1.807, 2.05) is 6.07 Å². The smallest absolute Gasteiger partial charge is 0.341 e. The third-order valence-electron chi connectivity index (χ3n) is 7.68. The van der Waals surface area contributed by atoms with E-state index < -0.39 is 11.6 Å². The molecule has 2 fully saturated rings. The Hall–Kier alpha value is -3.33. The summed E-state index contributed by atoms with van der Waals surface area (Å²) in [5.74, 6) is -1.54. The Labute approximate surface area is 200 Å². The predicted octanol–water partition coefficient (Wildman–Crippen LogP) is 5.39. The van der Waals surface area contributed by atoms with E-state index in [1.165, 1.54) is 12.1 Å². The van der Waals surface area contributed by atoms with Crippen molar-refractivity contribution in [2.24, 2.45) is 0 Å². The highest BCUT2D eigenvalue weighted by Crippen LogP contribution is 2.48. The maximum atomic E-state index is 14.9. The van der Waals surface area contributed by atoms with E-state index in [0.717, 1.165) is 46.2 Å². The number of carbonyl (C=O) groups is 1. The summed E-state index contributed by atoms with van der Waals surface area (Å²) in [6, 6.07) is 8.46. The Morgan fingerprint density at radius 2 is 1.83 bits per heavy atom. The first-order valence-electron chi connectivity index (χ1n) is 12.1. The van der Waals surface area contributed by atoms with Gasteiger partial charge >= 0.3 is 5.97 Å². The Kier molecular flexibility index (Phi) is 5.32. The van der Waals surface area contributed by atoms with Gasteiger partial charge < -0.3 is 14.4 Å². The topological polar surface area (TPSA) is 93.0 Å². The Balaban J connectivity index is 1.60. The number of hydrogen-bond acceptors (Lipinski definition) is 4. The highest BCUT2D eigenvalue weighted by atomic mass is 19.1. The zero-order valence-corrected chi connectivity index (χ0v) is 19.1. The number of aromatic amines is 1. The second-order valence-corrected chi connectivity index (χ2v) is 9.71. The largest absolute Gasteiger partial charge is 0.479 e. The number of hydrogen-bond donors (Lipinski definition) is 2. The number of nitrogens with one attached hydrogen (secondary N) is 1. The summed E-state index contributed by atoms with van der Waals surface area (Å²) in [6.07, 6.45) is 4.17. The van der Waals surface area contributed by atoms with Crippen molar-refractivity contribution in [2.45, 2.75) is 56.0 Å². The second-order valence-electron chi connectivity index (χ2n) is 9.71. The number of fused-ring (bicyclic) bond motifs is 2. The van der Waals surface area contributed by atoms with Crippen LogP contribution in [0.15, 0.2) is 36.5 Å². The molecule has 1 saturated heterocycles. The summed E-state index contributed by atoms with van der Waals surface area (Å²) < 4.78 is 36.6. The lowest BCUT2D eigenvalue weighted by Crippen LogP contribution is -2.37. The molecule has 2 N–H and O–H groups in total. The Morgan fingerprint density at radius 3 is 2.51 bits per heavy atom. The number of ether oxygens (including phenoxy) is 1. The number of halogens is 2. The molecule has 4 aromatic rings. The van der Waals surface area contributed by atoms with E-state index in [-0.39, 0.29) is 30.5 Å². The molecule has 0 spiro atoms. The number of rotatable bonds is 4. The van der Waals surface area contributed by atoms with Gasteiger partial charge in [0.2, 0.25) is 5.67 Å². The number of aliphatic carboxylic acids is 1. The number of alkyl halides is 1. The van der Waals surface area contributed by atoms with Gasteiger partial charge in [0.15, 0.2) is 5.65 Å². The van der Waals surface area contributed by atoms with Crippen molar-refractivity contribution < 1.29 is 23.4 Å². The van der Waals surface area contributed by atoms with Gasteiger partial charge in [0.25, 0.3) is 0 Å². The quantitative estimate of drug-likeness (QED) is 0.409. The third-order valence-corrected chi connectivity index (χ3v) is 7.68. The molecule has 0 unspecified atom stereocenters. The Bertz CT molecular complexity index is 1400. The van der Waals surface area contributed by atoms with Crippen LogP contribution in [0.2, 0.25) is 0 Å². The summed E-state index contributed by atoms with van der Waals surface area (Å²) in [7, 11) is 0. The summed E-state index contributed by atoms with van der Waals surface area (Å²) >= 11 is 0. The number of benzene rings is 1. The minimum atomic E-state index is -2.19. The van der Waals surface area contributed by atoms with Crippen LogP contribution in [0.5, 0.6) is 0 Å². The second kappa shape index (κ2) is 8.41. The van der Waals surface area contributed by atoms with Gasteiger partial charge in [0.1, 0.15) is 5.82 Å². The van der Waals surface area contributed by atoms with Gasteiger partial charge in [-0.05, 0) is 74.8 Å². The summed E-state index contributed by atoms with van der Waals surface area (Å²) in [5.41, 5.74) is 3.13. The van der Waals surface area contributed by atoms with Crippen LogP contribution < -0.4 is 0 Å². The van der Waals surface area contributed by atoms with Crippen molar-refractivity contribution in [1.82, 2.24) is 19.7 Å². The first-order valence-corrected chi connectivity index (χ1v) is 12.1. The molecular formula is C26H26F2N4O3. The number of aromatic nitrogens is 4. The van der Waals surface area contributed by atoms with Crippen molar-refractivity contribution >= 4 is 28.0 Å². The molecule has 0 amide bonds. The lowest BCUT2D eigenvalue weighted by molar-refractivity contribution is -0.153. The highest BCUT2D eigenvalue weighted by Gasteiger charge is 2.44. The molecule has 35 heavy (non-hydrogen) atoms. The molecule has 3 aromatic heterocycles. The van der Waals surface area contributed by atoms with E-state index in [0.29, 0.717) is 31.7 Å². The summed E-state index contributed by atoms with van der Waals surface area (Å²) in [6.45, 7) is 1.29. The van der Waals surface area contributed by atoms with Crippen LogP contribution >= 0.6 is 0 Å². The van der Waals surface area contributed by atoms with Crippen LogP contribution in [-0.4, -0.2) is 49.7 Å². The van der Waals surface area contributed by atoms with Gasteiger partial charge in [0.05, 0.1) is 17.2 Å². The number of nitrogens with zero attached hydrogens (tertiary/aromatic N) is 3. The van der Waals surface area contributed by atoms with Crippen molar-refractivity contribution in [2.75, 3.05) is 13.2 Å². The molecule has 0 radical (unpaired) electrons. The zero-order chi connectivity index (χ0) is 24.2.